The first-order chi connectivity index (χ1) is 8.17. The van der Waals surface area contributed by atoms with Crippen molar-refractivity contribution in [1.82, 2.24) is 10.3 Å². The highest BCUT2D eigenvalue weighted by Gasteiger charge is 2.12. The van der Waals surface area contributed by atoms with Crippen LogP contribution in [0.5, 0.6) is 0 Å². The van der Waals surface area contributed by atoms with Gasteiger partial charge in [-0.2, -0.15) is 0 Å². The fourth-order valence-corrected chi connectivity index (χ4v) is 1.92. The first-order valence-corrected chi connectivity index (χ1v) is 6.35. The van der Waals surface area contributed by atoms with Crippen LogP contribution in [-0.4, -0.2) is 24.7 Å². The fourth-order valence-electron chi connectivity index (χ4n) is 1.92. The zero-order chi connectivity index (χ0) is 12.7. The Balaban J connectivity index is 2.64. The Hall–Kier alpha value is -0.930. The standard InChI is InChI=1S/C14H24N2O/c1-5-16-14(7-6-12(3)17-4)13-8-11(2)9-15-10-13/h8-10,12,14,16H,5-7H2,1-4H3. The number of hydrogen-bond donors (Lipinski definition) is 1. The van der Waals surface area contributed by atoms with E-state index in [0.29, 0.717) is 12.1 Å². The summed E-state index contributed by atoms with van der Waals surface area (Å²) in [4.78, 5) is 4.26. The zero-order valence-electron chi connectivity index (χ0n) is 11.4. The summed E-state index contributed by atoms with van der Waals surface area (Å²) in [6.07, 6.45) is 6.30. The minimum atomic E-state index is 0.314. The molecule has 0 saturated heterocycles. The van der Waals surface area contributed by atoms with Crippen LogP contribution >= 0.6 is 0 Å². The highest BCUT2D eigenvalue weighted by molar-refractivity contribution is 5.20. The summed E-state index contributed by atoms with van der Waals surface area (Å²) in [5.74, 6) is 0. The molecule has 17 heavy (non-hydrogen) atoms. The van der Waals surface area contributed by atoms with Crippen LogP contribution in [0.25, 0.3) is 0 Å². The minimum Gasteiger partial charge on any atom is -0.382 e. The maximum Gasteiger partial charge on any atom is 0.0543 e. The lowest BCUT2D eigenvalue weighted by molar-refractivity contribution is 0.106. The normalized spacial score (nSPS) is 14.6. The van der Waals surface area contributed by atoms with Crippen molar-refractivity contribution >= 4 is 0 Å². The molecule has 0 bridgehead atoms. The van der Waals surface area contributed by atoms with Crippen LogP contribution < -0.4 is 5.32 Å². The van der Waals surface area contributed by atoms with Gasteiger partial charge in [0.25, 0.3) is 0 Å². The van der Waals surface area contributed by atoms with Crippen molar-refractivity contribution in [3.8, 4) is 0 Å². The second-order valence-electron chi connectivity index (χ2n) is 4.53. The van der Waals surface area contributed by atoms with E-state index in [4.69, 9.17) is 4.74 Å². The van der Waals surface area contributed by atoms with Gasteiger partial charge >= 0.3 is 0 Å². The van der Waals surface area contributed by atoms with E-state index in [1.165, 1.54) is 11.1 Å². The predicted molar refractivity (Wildman–Crippen MR) is 71.1 cm³/mol. The first-order valence-electron chi connectivity index (χ1n) is 6.35. The number of aromatic nitrogens is 1. The average Bonchev–Trinajstić information content (AvgIpc) is 2.34. The Morgan fingerprint density at radius 1 is 1.35 bits per heavy atom. The van der Waals surface area contributed by atoms with Crippen LogP contribution in [0.2, 0.25) is 0 Å². The minimum absolute atomic E-state index is 0.314. The van der Waals surface area contributed by atoms with E-state index in [-0.39, 0.29) is 0 Å². The van der Waals surface area contributed by atoms with Gasteiger partial charge in [0.15, 0.2) is 0 Å². The topological polar surface area (TPSA) is 34.1 Å². The number of nitrogens with zero attached hydrogens (tertiary/aromatic N) is 1. The van der Waals surface area contributed by atoms with Gasteiger partial charge < -0.3 is 10.1 Å². The molecule has 0 saturated carbocycles. The highest BCUT2D eigenvalue weighted by atomic mass is 16.5. The van der Waals surface area contributed by atoms with Crippen LogP contribution in [-0.2, 0) is 4.74 Å². The monoisotopic (exact) mass is 236 g/mol. The lowest BCUT2D eigenvalue weighted by atomic mass is 10.0. The summed E-state index contributed by atoms with van der Waals surface area (Å²) < 4.78 is 5.29. The van der Waals surface area contributed by atoms with Gasteiger partial charge in [0.05, 0.1) is 6.10 Å². The average molecular weight is 236 g/mol. The number of aryl methyl sites for hydroxylation is 1. The molecule has 1 aromatic heterocycles. The van der Waals surface area contributed by atoms with E-state index < -0.39 is 0 Å². The molecule has 2 unspecified atom stereocenters. The number of ether oxygens (including phenoxy) is 1. The van der Waals surface area contributed by atoms with Crippen molar-refractivity contribution in [2.24, 2.45) is 0 Å². The molecule has 0 spiro atoms. The number of nitrogens with one attached hydrogen (secondary N) is 1. The van der Waals surface area contributed by atoms with Crippen LogP contribution in [0.4, 0.5) is 0 Å². The summed E-state index contributed by atoms with van der Waals surface area (Å²) in [6, 6.07) is 2.59. The summed E-state index contributed by atoms with van der Waals surface area (Å²) in [5, 5.41) is 3.51. The Morgan fingerprint density at radius 3 is 2.71 bits per heavy atom. The predicted octanol–water partition coefficient (Wildman–Crippen LogP) is 2.86. The maximum absolute atomic E-state index is 5.29. The lowest BCUT2D eigenvalue weighted by Crippen LogP contribution is -2.22. The second-order valence-corrected chi connectivity index (χ2v) is 4.53. The largest absolute Gasteiger partial charge is 0.382 e. The van der Waals surface area contributed by atoms with Gasteiger partial charge in [-0.05, 0) is 44.4 Å². The van der Waals surface area contributed by atoms with Gasteiger partial charge in [-0.15, -0.1) is 0 Å². The molecule has 0 radical (unpaired) electrons. The first kappa shape index (κ1) is 14.1. The highest BCUT2D eigenvalue weighted by Crippen LogP contribution is 2.20. The smallest absolute Gasteiger partial charge is 0.0543 e. The molecule has 0 aliphatic heterocycles. The molecule has 1 heterocycles. The van der Waals surface area contributed by atoms with E-state index in [1.807, 2.05) is 12.4 Å². The third-order valence-corrected chi connectivity index (χ3v) is 3.01. The summed E-state index contributed by atoms with van der Waals surface area (Å²) in [5.41, 5.74) is 2.49. The van der Waals surface area contributed by atoms with Crippen molar-refractivity contribution in [3.05, 3.63) is 29.6 Å². The van der Waals surface area contributed by atoms with Crippen molar-refractivity contribution in [1.29, 1.82) is 0 Å². The van der Waals surface area contributed by atoms with Crippen molar-refractivity contribution < 1.29 is 4.74 Å². The number of rotatable bonds is 7. The molecule has 1 rings (SSSR count). The van der Waals surface area contributed by atoms with Gasteiger partial charge in [0.1, 0.15) is 0 Å². The van der Waals surface area contributed by atoms with Crippen LogP contribution in [0.15, 0.2) is 18.5 Å². The third kappa shape index (κ3) is 4.84. The quantitative estimate of drug-likeness (QED) is 0.790. The molecule has 0 aliphatic carbocycles. The maximum atomic E-state index is 5.29. The lowest BCUT2D eigenvalue weighted by Gasteiger charge is -2.20. The molecule has 3 nitrogen and oxygen atoms in total. The van der Waals surface area contributed by atoms with E-state index in [9.17, 15) is 0 Å². The molecule has 0 fully saturated rings. The Morgan fingerprint density at radius 2 is 2.12 bits per heavy atom. The molecular weight excluding hydrogens is 212 g/mol. The summed E-state index contributed by atoms with van der Waals surface area (Å²) >= 11 is 0. The number of hydrogen-bond acceptors (Lipinski definition) is 3. The van der Waals surface area contributed by atoms with Gasteiger partial charge in [0, 0.05) is 25.5 Å². The molecule has 0 amide bonds. The molecular formula is C14H24N2O. The van der Waals surface area contributed by atoms with E-state index in [2.05, 4.69) is 37.1 Å². The summed E-state index contributed by atoms with van der Waals surface area (Å²) in [7, 11) is 1.77. The SMILES string of the molecule is CCNC(CCC(C)OC)c1cncc(C)c1. The van der Waals surface area contributed by atoms with Crippen molar-refractivity contribution in [2.75, 3.05) is 13.7 Å². The number of methoxy groups -OCH3 is 1. The molecule has 0 aromatic carbocycles. The van der Waals surface area contributed by atoms with Gasteiger partial charge in [-0.1, -0.05) is 13.0 Å². The zero-order valence-corrected chi connectivity index (χ0v) is 11.4. The molecule has 1 aromatic rings. The van der Waals surface area contributed by atoms with Gasteiger partial charge in [-0.3, -0.25) is 4.98 Å². The van der Waals surface area contributed by atoms with E-state index in [0.717, 1.165) is 19.4 Å². The third-order valence-electron chi connectivity index (χ3n) is 3.01. The van der Waals surface area contributed by atoms with Gasteiger partial charge in [0.2, 0.25) is 0 Å². The van der Waals surface area contributed by atoms with E-state index in [1.54, 1.807) is 7.11 Å². The van der Waals surface area contributed by atoms with Crippen molar-refractivity contribution in [2.45, 2.75) is 45.8 Å². The van der Waals surface area contributed by atoms with Crippen LogP contribution in [0.3, 0.4) is 0 Å². The Kier molecular flexibility index (Phi) is 6.16. The van der Waals surface area contributed by atoms with Gasteiger partial charge in [-0.25, -0.2) is 0 Å². The number of pyridine rings is 1. The van der Waals surface area contributed by atoms with Crippen LogP contribution in [0, 0.1) is 6.92 Å². The molecule has 3 heteroatoms. The Labute approximate surface area is 105 Å². The summed E-state index contributed by atoms with van der Waals surface area (Å²) in [6.45, 7) is 7.30. The molecule has 96 valence electrons. The second kappa shape index (κ2) is 7.41. The fraction of sp³-hybridized carbons (Fsp3) is 0.643. The van der Waals surface area contributed by atoms with E-state index >= 15 is 0 Å². The van der Waals surface area contributed by atoms with Crippen molar-refractivity contribution in [3.63, 3.8) is 0 Å². The Bertz CT molecular complexity index is 328. The molecule has 2 atom stereocenters. The van der Waals surface area contributed by atoms with Crippen LogP contribution in [0.1, 0.15) is 43.9 Å². The molecule has 0 aliphatic rings. The molecule has 1 N–H and O–H groups in total.